The molecule has 4 nitrogen and oxygen atoms in total. The minimum Gasteiger partial charge on any atom is -0.383 e. The van der Waals surface area contributed by atoms with Crippen LogP contribution in [-0.2, 0) is 11.3 Å². The fraction of sp³-hybridized carbons (Fsp3) is 0.400. The lowest BCUT2D eigenvalue weighted by Crippen LogP contribution is -2.18. The predicted octanol–water partition coefficient (Wildman–Crippen LogP) is 3.64. The minimum atomic E-state index is 0.694. The number of aryl methyl sites for hydroxylation is 1. The van der Waals surface area contributed by atoms with Gasteiger partial charge < -0.3 is 10.1 Å². The lowest BCUT2D eigenvalue weighted by molar-refractivity contribution is 0.199. The van der Waals surface area contributed by atoms with Crippen LogP contribution in [0.1, 0.15) is 17.0 Å². The molecule has 114 valence electrons. The van der Waals surface area contributed by atoms with Gasteiger partial charge >= 0.3 is 0 Å². The Morgan fingerprint density at radius 3 is 2.71 bits per heavy atom. The summed E-state index contributed by atoms with van der Waals surface area (Å²) in [6.07, 6.45) is 0. The van der Waals surface area contributed by atoms with Crippen LogP contribution < -0.4 is 5.32 Å². The van der Waals surface area contributed by atoms with E-state index in [9.17, 15) is 0 Å². The number of benzene rings is 1. The molecule has 1 heterocycles. The van der Waals surface area contributed by atoms with E-state index in [1.54, 1.807) is 7.11 Å². The van der Waals surface area contributed by atoms with Crippen molar-refractivity contribution in [3.05, 3.63) is 44.6 Å². The Balaban J connectivity index is 2.17. The van der Waals surface area contributed by atoms with E-state index in [2.05, 4.69) is 32.4 Å². The summed E-state index contributed by atoms with van der Waals surface area (Å²) in [6, 6.07) is 6.04. The highest BCUT2D eigenvalue weighted by molar-refractivity contribution is 9.10. The maximum Gasteiger partial charge on any atom is 0.0835 e. The second kappa shape index (κ2) is 7.40. The number of nitrogens with one attached hydrogen (secondary N) is 1. The zero-order valence-electron chi connectivity index (χ0n) is 12.4. The number of hydrogen-bond donors (Lipinski definition) is 1. The fourth-order valence-electron chi connectivity index (χ4n) is 2.10. The molecule has 0 saturated carbocycles. The summed E-state index contributed by atoms with van der Waals surface area (Å²) < 4.78 is 7.88. The van der Waals surface area contributed by atoms with Gasteiger partial charge in [-0.3, -0.25) is 0 Å². The van der Waals surface area contributed by atoms with E-state index in [0.717, 1.165) is 40.2 Å². The molecule has 0 unspecified atom stereocenters. The maximum absolute atomic E-state index is 6.41. The third kappa shape index (κ3) is 3.86. The molecule has 0 aliphatic carbocycles. The van der Waals surface area contributed by atoms with Crippen molar-refractivity contribution in [2.75, 3.05) is 20.3 Å². The first-order chi connectivity index (χ1) is 10.0. The molecule has 1 aromatic carbocycles. The monoisotopic (exact) mass is 371 g/mol. The van der Waals surface area contributed by atoms with Gasteiger partial charge in [-0.2, -0.15) is 5.10 Å². The third-order valence-electron chi connectivity index (χ3n) is 3.26. The highest BCUT2D eigenvalue weighted by atomic mass is 79.9. The summed E-state index contributed by atoms with van der Waals surface area (Å²) in [7, 11) is 1.69. The molecule has 0 saturated heterocycles. The van der Waals surface area contributed by atoms with E-state index in [4.69, 9.17) is 16.3 Å². The Morgan fingerprint density at radius 2 is 2.14 bits per heavy atom. The van der Waals surface area contributed by atoms with Gasteiger partial charge in [-0.25, -0.2) is 4.68 Å². The summed E-state index contributed by atoms with van der Waals surface area (Å²) in [5, 5.41) is 8.50. The van der Waals surface area contributed by atoms with E-state index in [1.165, 1.54) is 0 Å². The molecule has 0 aliphatic rings. The maximum atomic E-state index is 6.41. The Kier molecular flexibility index (Phi) is 5.81. The van der Waals surface area contributed by atoms with Gasteiger partial charge in [-0.05, 0) is 47.5 Å². The van der Waals surface area contributed by atoms with Crippen LogP contribution in [0.25, 0.3) is 5.69 Å². The highest BCUT2D eigenvalue weighted by Crippen LogP contribution is 2.27. The van der Waals surface area contributed by atoms with Gasteiger partial charge in [0, 0.05) is 20.2 Å². The van der Waals surface area contributed by atoms with Crippen molar-refractivity contribution in [1.82, 2.24) is 15.1 Å². The van der Waals surface area contributed by atoms with Crippen LogP contribution >= 0.6 is 27.5 Å². The molecule has 0 atom stereocenters. The lowest BCUT2D eigenvalue weighted by Gasteiger charge is -2.10. The Morgan fingerprint density at radius 1 is 1.38 bits per heavy atom. The van der Waals surface area contributed by atoms with Crippen molar-refractivity contribution in [3.63, 3.8) is 0 Å². The molecule has 0 spiro atoms. The summed E-state index contributed by atoms with van der Waals surface area (Å²) in [6.45, 7) is 6.27. The largest absolute Gasteiger partial charge is 0.383 e. The van der Waals surface area contributed by atoms with Crippen LogP contribution in [0.5, 0.6) is 0 Å². The molecule has 0 radical (unpaired) electrons. The number of methoxy groups -OCH3 is 1. The van der Waals surface area contributed by atoms with Gasteiger partial charge in [0.25, 0.3) is 0 Å². The van der Waals surface area contributed by atoms with Gasteiger partial charge in [0.1, 0.15) is 0 Å². The molecule has 0 aliphatic heterocycles. The molecule has 1 N–H and O–H groups in total. The predicted molar refractivity (Wildman–Crippen MR) is 89.3 cm³/mol. The molecule has 0 fully saturated rings. The van der Waals surface area contributed by atoms with Crippen LogP contribution in [0.15, 0.2) is 22.7 Å². The average molecular weight is 373 g/mol. The summed E-state index contributed by atoms with van der Waals surface area (Å²) >= 11 is 9.95. The van der Waals surface area contributed by atoms with Crippen molar-refractivity contribution in [2.24, 2.45) is 0 Å². The highest BCUT2D eigenvalue weighted by Gasteiger charge is 2.12. The first kappa shape index (κ1) is 16.5. The van der Waals surface area contributed by atoms with Gasteiger partial charge in [0.05, 0.1) is 33.2 Å². The standard InChI is InChI=1S/C15H19BrClN3O/c1-10-15(16)11(2)20(19-10)14-5-4-12(8-13(14)17)9-18-6-7-21-3/h4-5,8,18H,6-7,9H2,1-3H3. The van der Waals surface area contributed by atoms with Crippen molar-refractivity contribution >= 4 is 27.5 Å². The first-order valence-corrected chi connectivity index (χ1v) is 7.92. The van der Waals surface area contributed by atoms with Crippen LogP contribution in [0.4, 0.5) is 0 Å². The normalized spacial score (nSPS) is 11.1. The van der Waals surface area contributed by atoms with Crippen LogP contribution in [0.3, 0.4) is 0 Å². The Labute approximate surface area is 138 Å². The summed E-state index contributed by atoms with van der Waals surface area (Å²) in [5.41, 5.74) is 4.03. The SMILES string of the molecule is COCCNCc1ccc(-n2nc(C)c(Br)c2C)c(Cl)c1. The molecule has 0 bridgehead atoms. The van der Waals surface area contributed by atoms with Crippen molar-refractivity contribution < 1.29 is 4.74 Å². The number of aromatic nitrogens is 2. The molecule has 0 amide bonds. The third-order valence-corrected chi connectivity index (χ3v) is 4.71. The Hall–Kier alpha value is -0.880. The molecule has 1 aromatic heterocycles. The van der Waals surface area contributed by atoms with E-state index < -0.39 is 0 Å². The van der Waals surface area contributed by atoms with Crippen LogP contribution in [0, 0.1) is 13.8 Å². The molecule has 2 aromatic rings. The van der Waals surface area contributed by atoms with Gasteiger partial charge in [-0.15, -0.1) is 0 Å². The van der Waals surface area contributed by atoms with Crippen LogP contribution in [0.2, 0.25) is 5.02 Å². The Bertz CT molecular complexity index is 628. The zero-order chi connectivity index (χ0) is 15.4. The van der Waals surface area contributed by atoms with Crippen molar-refractivity contribution in [2.45, 2.75) is 20.4 Å². The number of hydrogen-bond acceptors (Lipinski definition) is 3. The van der Waals surface area contributed by atoms with E-state index >= 15 is 0 Å². The lowest BCUT2D eigenvalue weighted by atomic mass is 10.2. The van der Waals surface area contributed by atoms with E-state index in [0.29, 0.717) is 11.6 Å². The summed E-state index contributed by atoms with van der Waals surface area (Å²) in [5.74, 6) is 0. The van der Waals surface area contributed by atoms with Gasteiger partial charge in [0.2, 0.25) is 0 Å². The molecule has 21 heavy (non-hydrogen) atoms. The number of halogens is 2. The smallest absolute Gasteiger partial charge is 0.0835 e. The second-order valence-electron chi connectivity index (χ2n) is 4.85. The summed E-state index contributed by atoms with van der Waals surface area (Å²) in [4.78, 5) is 0. The van der Waals surface area contributed by atoms with Crippen LogP contribution in [-0.4, -0.2) is 30.0 Å². The number of rotatable bonds is 6. The second-order valence-corrected chi connectivity index (χ2v) is 6.05. The van der Waals surface area contributed by atoms with Crippen molar-refractivity contribution in [1.29, 1.82) is 0 Å². The van der Waals surface area contributed by atoms with Gasteiger partial charge in [0.15, 0.2) is 0 Å². The van der Waals surface area contributed by atoms with E-state index in [1.807, 2.05) is 30.7 Å². The number of ether oxygens (including phenoxy) is 1. The zero-order valence-corrected chi connectivity index (χ0v) is 14.8. The van der Waals surface area contributed by atoms with E-state index in [-0.39, 0.29) is 0 Å². The quantitative estimate of drug-likeness (QED) is 0.787. The molecular formula is C15H19BrClN3O. The fourth-order valence-corrected chi connectivity index (χ4v) is 2.63. The topological polar surface area (TPSA) is 39.1 Å². The number of nitrogens with zero attached hydrogens (tertiary/aromatic N) is 2. The average Bonchev–Trinajstić information content (AvgIpc) is 2.71. The van der Waals surface area contributed by atoms with Crippen molar-refractivity contribution in [3.8, 4) is 5.69 Å². The minimum absolute atomic E-state index is 0.694. The molecular weight excluding hydrogens is 354 g/mol. The first-order valence-electron chi connectivity index (χ1n) is 6.74. The molecule has 2 rings (SSSR count). The molecule has 6 heteroatoms. The van der Waals surface area contributed by atoms with Gasteiger partial charge in [-0.1, -0.05) is 17.7 Å².